The van der Waals surface area contributed by atoms with E-state index in [1.165, 1.54) is 67.2 Å². The lowest BCUT2D eigenvalue weighted by Crippen LogP contribution is -2.31. The smallest absolute Gasteiger partial charge is 0.0220 e. The molecule has 0 aliphatic heterocycles. The topological polar surface area (TPSA) is 0 Å². The van der Waals surface area contributed by atoms with Crippen LogP contribution in [0.5, 0.6) is 0 Å². The zero-order chi connectivity index (χ0) is 24.8. The van der Waals surface area contributed by atoms with E-state index in [4.69, 9.17) is 0 Å². The maximum absolute atomic E-state index is 2.63. The Kier molecular flexibility index (Phi) is 9.83. The molecule has 33 heavy (non-hydrogen) atoms. The Morgan fingerprint density at radius 3 is 1.64 bits per heavy atom. The Hall–Kier alpha value is -1.56. The fraction of sp³-hybridized carbons (Fsp3) is 0.636. The summed E-state index contributed by atoms with van der Waals surface area (Å²) in [7, 11) is 0. The third-order valence-electron chi connectivity index (χ3n) is 8.56. The minimum absolute atomic E-state index is 0.153. The molecule has 0 bridgehead atoms. The summed E-state index contributed by atoms with van der Waals surface area (Å²) >= 11 is 0. The van der Waals surface area contributed by atoms with E-state index in [0.29, 0.717) is 0 Å². The molecule has 0 saturated heterocycles. The van der Waals surface area contributed by atoms with Gasteiger partial charge in [-0.05, 0) is 77.7 Å². The molecule has 2 atom stereocenters. The van der Waals surface area contributed by atoms with Crippen molar-refractivity contribution in [3.05, 3.63) is 58.7 Å². The lowest BCUT2D eigenvalue weighted by atomic mass is 9.65. The molecule has 0 amide bonds. The molecule has 184 valence electrons. The molecule has 2 aromatic carbocycles. The SMILES string of the molecule is CCC.CCC(C)CC1(CC(C)CC)c2cc(C)ccc2-c2ccc(C(C)(CC)CC)cc21. The van der Waals surface area contributed by atoms with Gasteiger partial charge in [0.1, 0.15) is 0 Å². The summed E-state index contributed by atoms with van der Waals surface area (Å²) in [6.07, 6.45) is 8.65. The first-order chi connectivity index (χ1) is 15.7. The lowest BCUT2D eigenvalue weighted by Gasteiger charge is -2.38. The molecule has 0 fully saturated rings. The average molecular weight is 449 g/mol. The van der Waals surface area contributed by atoms with Gasteiger partial charge in [0.25, 0.3) is 0 Å². The van der Waals surface area contributed by atoms with Crippen LogP contribution in [-0.4, -0.2) is 0 Å². The van der Waals surface area contributed by atoms with E-state index in [2.05, 4.69) is 106 Å². The predicted octanol–water partition coefficient (Wildman–Crippen LogP) is 10.6. The molecule has 0 heterocycles. The van der Waals surface area contributed by atoms with Gasteiger partial charge in [0.15, 0.2) is 0 Å². The van der Waals surface area contributed by atoms with Crippen molar-refractivity contribution in [1.82, 2.24) is 0 Å². The Labute approximate surface area is 206 Å². The molecule has 2 unspecified atom stereocenters. The second kappa shape index (κ2) is 11.7. The second-order valence-corrected chi connectivity index (χ2v) is 11.3. The first kappa shape index (κ1) is 27.7. The minimum atomic E-state index is 0.153. The van der Waals surface area contributed by atoms with Gasteiger partial charge >= 0.3 is 0 Å². The standard InChI is InChI=1S/C30H44.C3H8/c1-9-21(5)19-30(20-22(6)10-2)27-17-23(7)13-15-25(27)26-16-14-24(18-28(26)30)29(8,11-3)12-4;1-3-2/h13-18,21-22H,9-12,19-20H2,1-8H3;3H2,1-2H3. The summed E-state index contributed by atoms with van der Waals surface area (Å²) in [5.41, 5.74) is 9.55. The van der Waals surface area contributed by atoms with Crippen molar-refractivity contribution in [1.29, 1.82) is 0 Å². The van der Waals surface area contributed by atoms with Gasteiger partial charge in [0.2, 0.25) is 0 Å². The summed E-state index contributed by atoms with van der Waals surface area (Å²) in [4.78, 5) is 0. The minimum Gasteiger partial charge on any atom is -0.0656 e. The molecule has 0 aromatic heterocycles. The van der Waals surface area contributed by atoms with Gasteiger partial charge in [-0.3, -0.25) is 0 Å². The summed E-state index contributed by atoms with van der Waals surface area (Å²) < 4.78 is 0. The maximum atomic E-state index is 2.63. The zero-order valence-electron chi connectivity index (χ0n) is 23.6. The van der Waals surface area contributed by atoms with Gasteiger partial charge in [-0.2, -0.15) is 0 Å². The van der Waals surface area contributed by atoms with Crippen LogP contribution in [0.3, 0.4) is 0 Å². The van der Waals surface area contributed by atoms with Gasteiger partial charge in [-0.25, -0.2) is 0 Å². The molecular formula is C33H52. The molecule has 0 saturated carbocycles. The van der Waals surface area contributed by atoms with E-state index >= 15 is 0 Å². The van der Waals surface area contributed by atoms with Crippen molar-refractivity contribution in [2.24, 2.45) is 11.8 Å². The first-order valence-corrected chi connectivity index (χ1v) is 13.9. The highest BCUT2D eigenvalue weighted by molar-refractivity contribution is 5.82. The average Bonchev–Trinajstić information content (AvgIpc) is 3.07. The molecule has 0 spiro atoms. The Balaban J connectivity index is 0.00000122. The van der Waals surface area contributed by atoms with E-state index in [0.717, 1.165) is 11.8 Å². The Bertz CT molecular complexity index is 871. The molecule has 1 aliphatic carbocycles. The lowest BCUT2D eigenvalue weighted by molar-refractivity contribution is 0.307. The highest BCUT2D eigenvalue weighted by Crippen LogP contribution is 2.56. The van der Waals surface area contributed by atoms with Gasteiger partial charge < -0.3 is 0 Å². The number of rotatable bonds is 9. The van der Waals surface area contributed by atoms with Crippen LogP contribution in [0, 0.1) is 18.8 Å². The monoisotopic (exact) mass is 448 g/mol. The molecule has 0 N–H and O–H groups in total. The molecular weight excluding hydrogens is 396 g/mol. The molecule has 0 radical (unpaired) electrons. The van der Waals surface area contributed by atoms with Gasteiger partial charge in [-0.1, -0.05) is 124 Å². The quantitative estimate of drug-likeness (QED) is 0.358. The second-order valence-electron chi connectivity index (χ2n) is 11.3. The highest BCUT2D eigenvalue weighted by atomic mass is 14.5. The van der Waals surface area contributed by atoms with Crippen LogP contribution in [-0.2, 0) is 10.8 Å². The van der Waals surface area contributed by atoms with Crippen LogP contribution in [0.2, 0.25) is 0 Å². The van der Waals surface area contributed by atoms with Gasteiger partial charge in [0, 0.05) is 5.41 Å². The number of fused-ring (bicyclic) bond motifs is 3. The van der Waals surface area contributed by atoms with Crippen LogP contribution in [0.25, 0.3) is 11.1 Å². The predicted molar refractivity (Wildman–Crippen MR) is 149 cm³/mol. The summed E-state index contributed by atoms with van der Waals surface area (Å²) in [5.74, 6) is 1.45. The Morgan fingerprint density at radius 1 is 0.727 bits per heavy atom. The van der Waals surface area contributed by atoms with E-state index in [-0.39, 0.29) is 10.8 Å². The van der Waals surface area contributed by atoms with E-state index in [1.54, 1.807) is 11.1 Å². The fourth-order valence-corrected chi connectivity index (χ4v) is 5.64. The van der Waals surface area contributed by atoms with E-state index < -0.39 is 0 Å². The van der Waals surface area contributed by atoms with Crippen molar-refractivity contribution in [3.63, 3.8) is 0 Å². The van der Waals surface area contributed by atoms with Crippen molar-refractivity contribution in [2.45, 2.75) is 125 Å². The van der Waals surface area contributed by atoms with Gasteiger partial charge in [-0.15, -0.1) is 0 Å². The van der Waals surface area contributed by atoms with Crippen LogP contribution in [0.15, 0.2) is 36.4 Å². The molecule has 1 aliphatic rings. The summed E-state index contributed by atoms with van der Waals surface area (Å²) in [6.45, 7) is 23.3. The van der Waals surface area contributed by atoms with Crippen LogP contribution in [0.4, 0.5) is 0 Å². The molecule has 0 heteroatoms. The molecule has 2 aromatic rings. The Morgan fingerprint density at radius 2 is 1.18 bits per heavy atom. The normalized spacial score (nSPS) is 18.7. The maximum Gasteiger partial charge on any atom is 0.0220 e. The highest BCUT2D eigenvalue weighted by Gasteiger charge is 2.45. The van der Waals surface area contributed by atoms with Crippen molar-refractivity contribution in [3.8, 4) is 11.1 Å². The summed E-state index contributed by atoms with van der Waals surface area (Å²) in [6, 6.07) is 14.7. The van der Waals surface area contributed by atoms with E-state index in [9.17, 15) is 0 Å². The number of hydrogen-bond donors (Lipinski definition) is 0. The fourth-order valence-electron chi connectivity index (χ4n) is 5.64. The molecule has 0 nitrogen and oxygen atoms in total. The molecule has 3 rings (SSSR count). The van der Waals surface area contributed by atoms with Crippen LogP contribution in [0.1, 0.15) is 130 Å². The van der Waals surface area contributed by atoms with Gasteiger partial charge in [0.05, 0.1) is 0 Å². The van der Waals surface area contributed by atoms with E-state index in [1.807, 2.05) is 0 Å². The zero-order valence-corrected chi connectivity index (χ0v) is 23.6. The summed E-state index contributed by atoms with van der Waals surface area (Å²) in [5, 5.41) is 0. The van der Waals surface area contributed by atoms with Crippen molar-refractivity contribution in [2.75, 3.05) is 0 Å². The number of benzene rings is 2. The van der Waals surface area contributed by atoms with Crippen molar-refractivity contribution < 1.29 is 0 Å². The number of hydrogen-bond acceptors (Lipinski definition) is 0. The van der Waals surface area contributed by atoms with Crippen LogP contribution >= 0.6 is 0 Å². The van der Waals surface area contributed by atoms with Crippen LogP contribution < -0.4 is 0 Å². The third kappa shape index (κ3) is 5.58. The number of aryl methyl sites for hydroxylation is 1. The first-order valence-electron chi connectivity index (χ1n) is 13.9. The third-order valence-corrected chi connectivity index (χ3v) is 8.56. The largest absolute Gasteiger partial charge is 0.0656 e. The van der Waals surface area contributed by atoms with Crippen molar-refractivity contribution >= 4 is 0 Å².